The Bertz CT molecular complexity index is 294. The second-order valence-corrected chi connectivity index (χ2v) is 6.69. The minimum Gasteiger partial charge on any atom is -0.396 e. The molecule has 1 fully saturated rings. The summed E-state index contributed by atoms with van der Waals surface area (Å²) in [6.45, 7) is 9.76. The van der Waals surface area contributed by atoms with Crippen LogP contribution in [0.4, 0.5) is 4.79 Å². The molecule has 1 saturated heterocycles. The van der Waals surface area contributed by atoms with E-state index < -0.39 is 0 Å². The number of amides is 2. The quantitative estimate of drug-likeness (QED) is 0.815. The first kappa shape index (κ1) is 17.3. The molecule has 0 aliphatic carbocycles. The highest BCUT2D eigenvalue weighted by Gasteiger charge is 2.29. The van der Waals surface area contributed by atoms with Crippen molar-refractivity contribution < 1.29 is 9.90 Å². The fraction of sp³-hybridized carbons (Fsp3) is 0.938. The average Bonchev–Trinajstić information content (AvgIpc) is 2.58. The molecule has 1 aliphatic heterocycles. The Morgan fingerprint density at radius 2 is 2.00 bits per heavy atom. The van der Waals surface area contributed by atoms with Crippen LogP contribution in [0.15, 0.2) is 0 Å². The van der Waals surface area contributed by atoms with E-state index in [2.05, 4.69) is 26.1 Å². The Morgan fingerprint density at radius 1 is 1.30 bits per heavy atom. The number of hydrogen-bond donors (Lipinski definition) is 2. The number of carbonyl (C=O) groups is 1. The Kier molecular flexibility index (Phi) is 7.35. The molecule has 0 radical (unpaired) electrons. The summed E-state index contributed by atoms with van der Waals surface area (Å²) >= 11 is 0. The number of aliphatic hydroxyl groups is 1. The van der Waals surface area contributed by atoms with Crippen LogP contribution in [0.25, 0.3) is 0 Å². The van der Waals surface area contributed by atoms with Crippen LogP contribution in [0.1, 0.15) is 59.8 Å². The van der Waals surface area contributed by atoms with Gasteiger partial charge in [-0.25, -0.2) is 4.79 Å². The number of aliphatic hydroxyl groups excluding tert-OH is 1. The van der Waals surface area contributed by atoms with Crippen molar-refractivity contribution in [3.05, 3.63) is 0 Å². The molecule has 4 heteroatoms. The number of rotatable bonds is 5. The summed E-state index contributed by atoms with van der Waals surface area (Å²) in [6.07, 6.45) is 5.00. The maximum Gasteiger partial charge on any atom is 0.317 e. The molecule has 20 heavy (non-hydrogen) atoms. The monoisotopic (exact) mass is 284 g/mol. The van der Waals surface area contributed by atoms with E-state index in [-0.39, 0.29) is 18.7 Å². The maximum atomic E-state index is 12.5. The number of hydrogen-bond acceptors (Lipinski definition) is 2. The van der Waals surface area contributed by atoms with Crippen LogP contribution in [-0.4, -0.2) is 41.3 Å². The van der Waals surface area contributed by atoms with Gasteiger partial charge in [0.25, 0.3) is 0 Å². The zero-order valence-electron chi connectivity index (χ0n) is 13.6. The summed E-state index contributed by atoms with van der Waals surface area (Å²) in [7, 11) is 0. The van der Waals surface area contributed by atoms with Crippen LogP contribution < -0.4 is 5.32 Å². The highest BCUT2D eigenvalue weighted by molar-refractivity contribution is 5.75. The van der Waals surface area contributed by atoms with Gasteiger partial charge >= 0.3 is 6.03 Å². The summed E-state index contributed by atoms with van der Waals surface area (Å²) in [4.78, 5) is 14.5. The third-order valence-corrected chi connectivity index (χ3v) is 4.41. The highest BCUT2D eigenvalue weighted by Crippen LogP contribution is 2.26. The van der Waals surface area contributed by atoms with Crippen LogP contribution in [0.2, 0.25) is 0 Å². The van der Waals surface area contributed by atoms with E-state index in [1.54, 1.807) is 0 Å². The zero-order valence-corrected chi connectivity index (χ0v) is 13.6. The van der Waals surface area contributed by atoms with Crippen molar-refractivity contribution in [3.63, 3.8) is 0 Å². The van der Waals surface area contributed by atoms with Crippen molar-refractivity contribution in [2.45, 2.75) is 71.9 Å². The molecule has 0 aromatic carbocycles. The van der Waals surface area contributed by atoms with E-state index in [0.29, 0.717) is 17.9 Å². The highest BCUT2D eigenvalue weighted by atomic mass is 16.3. The predicted octanol–water partition coefficient (Wildman–Crippen LogP) is 3.00. The molecule has 0 spiro atoms. The molecule has 2 N–H and O–H groups in total. The SMILES string of the molecule is CC1CCC(C(C)C)N(C(=O)NC(C)CCCO)CC1. The van der Waals surface area contributed by atoms with Gasteiger partial charge in [-0.05, 0) is 50.9 Å². The molecule has 1 heterocycles. The maximum absolute atomic E-state index is 12.5. The molecule has 2 amide bonds. The molecule has 3 atom stereocenters. The molecular formula is C16H32N2O2. The van der Waals surface area contributed by atoms with Crippen molar-refractivity contribution in [1.82, 2.24) is 10.2 Å². The van der Waals surface area contributed by atoms with Gasteiger partial charge in [0.2, 0.25) is 0 Å². The Labute approximate surface area is 123 Å². The molecule has 4 nitrogen and oxygen atoms in total. The molecule has 0 saturated carbocycles. The van der Waals surface area contributed by atoms with Crippen molar-refractivity contribution >= 4 is 6.03 Å². The number of likely N-dealkylation sites (tertiary alicyclic amines) is 1. The number of carbonyl (C=O) groups excluding carboxylic acids is 1. The van der Waals surface area contributed by atoms with Crippen LogP contribution in [0, 0.1) is 11.8 Å². The summed E-state index contributed by atoms with van der Waals surface area (Å²) in [5.41, 5.74) is 0. The standard InChI is InChI=1S/C16H32N2O2/c1-12(2)15-8-7-13(3)9-10-18(15)16(20)17-14(4)6-5-11-19/h12-15,19H,5-11H2,1-4H3,(H,17,20). The largest absolute Gasteiger partial charge is 0.396 e. The lowest BCUT2D eigenvalue weighted by atomic mass is 9.95. The number of nitrogens with zero attached hydrogens (tertiary/aromatic N) is 1. The normalized spacial score (nSPS) is 25.4. The first-order valence-electron chi connectivity index (χ1n) is 8.13. The summed E-state index contributed by atoms with van der Waals surface area (Å²) in [5, 5.41) is 11.9. The minimum absolute atomic E-state index is 0.0724. The average molecular weight is 284 g/mol. The lowest BCUT2D eigenvalue weighted by Crippen LogP contribution is -2.50. The molecule has 1 aliphatic rings. The van der Waals surface area contributed by atoms with Crippen LogP contribution in [0.3, 0.4) is 0 Å². The van der Waals surface area contributed by atoms with Gasteiger partial charge in [0.05, 0.1) is 0 Å². The number of nitrogens with one attached hydrogen (secondary N) is 1. The third kappa shape index (κ3) is 5.31. The molecule has 0 bridgehead atoms. The van der Waals surface area contributed by atoms with Crippen molar-refractivity contribution in [1.29, 1.82) is 0 Å². The smallest absolute Gasteiger partial charge is 0.317 e. The Balaban J connectivity index is 2.61. The van der Waals surface area contributed by atoms with Gasteiger partial charge in [-0.3, -0.25) is 0 Å². The first-order chi connectivity index (χ1) is 9.45. The lowest BCUT2D eigenvalue weighted by molar-refractivity contribution is 0.152. The summed E-state index contributed by atoms with van der Waals surface area (Å²) in [5.74, 6) is 1.21. The van der Waals surface area contributed by atoms with Gasteiger partial charge in [-0.2, -0.15) is 0 Å². The van der Waals surface area contributed by atoms with Gasteiger partial charge in [0.15, 0.2) is 0 Å². The lowest BCUT2D eigenvalue weighted by Gasteiger charge is -2.34. The van der Waals surface area contributed by atoms with E-state index >= 15 is 0 Å². The fourth-order valence-electron chi connectivity index (χ4n) is 2.99. The van der Waals surface area contributed by atoms with E-state index in [1.165, 1.54) is 6.42 Å². The number of urea groups is 1. The molecule has 3 unspecified atom stereocenters. The molecule has 1 rings (SSSR count). The van der Waals surface area contributed by atoms with Gasteiger partial charge in [-0.15, -0.1) is 0 Å². The van der Waals surface area contributed by atoms with Crippen molar-refractivity contribution in [2.75, 3.05) is 13.2 Å². The molecule has 0 aromatic rings. The minimum atomic E-state index is 0.0724. The third-order valence-electron chi connectivity index (χ3n) is 4.41. The molecule has 0 aromatic heterocycles. The zero-order chi connectivity index (χ0) is 15.1. The first-order valence-corrected chi connectivity index (χ1v) is 8.13. The second kappa shape index (κ2) is 8.50. The van der Waals surface area contributed by atoms with Crippen LogP contribution in [0.5, 0.6) is 0 Å². The summed E-state index contributed by atoms with van der Waals surface area (Å²) in [6, 6.07) is 0.552. The predicted molar refractivity (Wildman–Crippen MR) is 82.7 cm³/mol. The Morgan fingerprint density at radius 3 is 2.60 bits per heavy atom. The topological polar surface area (TPSA) is 52.6 Å². The fourth-order valence-corrected chi connectivity index (χ4v) is 2.99. The summed E-state index contributed by atoms with van der Waals surface area (Å²) < 4.78 is 0. The Hall–Kier alpha value is -0.770. The van der Waals surface area contributed by atoms with Gasteiger partial charge in [0, 0.05) is 25.2 Å². The van der Waals surface area contributed by atoms with E-state index in [0.717, 1.165) is 32.2 Å². The van der Waals surface area contributed by atoms with E-state index in [1.807, 2.05) is 11.8 Å². The molecular weight excluding hydrogens is 252 g/mol. The van der Waals surface area contributed by atoms with Crippen LogP contribution in [-0.2, 0) is 0 Å². The van der Waals surface area contributed by atoms with Crippen molar-refractivity contribution in [2.24, 2.45) is 11.8 Å². The second-order valence-electron chi connectivity index (χ2n) is 6.69. The van der Waals surface area contributed by atoms with Gasteiger partial charge in [-0.1, -0.05) is 20.8 Å². The van der Waals surface area contributed by atoms with Gasteiger partial charge < -0.3 is 15.3 Å². The van der Waals surface area contributed by atoms with E-state index in [9.17, 15) is 4.79 Å². The van der Waals surface area contributed by atoms with Crippen LogP contribution >= 0.6 is 0 Å². The van der Waals surface area contributed by atoms with E-state index in [4.69, 9.17) is 5.11 Å². The molecule has 118 valence electrons. The van der Waals surface area contributed by atoms with Crippen molar-refractivity contribution in [3.8, 4) is 0 Å². The van der Waals surface area contributed by atoms with Gasteiger partial charge in [0.1, 0.15) is 0 Å².